The van der Waals surface area contributed by atoms with Crippen LogP contribution in [0.1, 0.15) is 9.67 Å². The number of carbonyl (C=O) groups is 1. The highest BCUT2D eigenvalue weighted by Crippen LogP contribution is 2.26. The number of imidazole rings is 1. The second-order valence-corrected chi connectivity index (χ2v) is 6.04. The van der Waals surface area contributed by atoms with Gasteiger partial charge in [-0.05, 0) is 23.6 Å². The zero-order chi connectivity index (χ0) is 13.9. The van der Waals surface area contributed by atoms with Gasteiger partial charge in [0.1, 0.15) is 0 Å². The Morgan fingerprint density at radius 2 is 2.20 bits per heavy atom. The van der Waals surface area contributed by atoms with Crippen LogP contribution in [-0.2, 0) is 0 Å². The van der Waals surface area contributed by atoms with Crippen molar-refractivity contribution in [3.05, 3.63) is 59.3 Å². The van der Waals surface area contributed by atoms with Crippen LogP contribution in [0.25, 0.3) is 11.0 Å². The van der Waals surface area contributed by atoms with Crippen molar-refractivity contribution in [2.24, 2.45) is 0 Å². The Balaban J connectivity index is 2.15. The minimum absolute atomic E-state index is 0.0275. The number of hydrogen-bond acceptors (Lipinski definition) is 4. The molecular weight excluding hydrogens is 288 g/mol. The molecule has 0 bridgehead atoms. The number of carbonyl (C=O) groups excluding carboxylic acids is 1. The molecule has 0 fully saturated rings. The molecule has 3 rings (SSSR count). The topological polar surface area (TPSA) is 34.9 Å². The van der Waals surface area contributed by atoms with Crippen molar-refractivity contribution >= 4 is 40.0 Å². The molecular formula is C15H12N2OS2. The number of thioether (sulfide) groups is 1. The molecule has 3 nitrogen and oxygen atoms in total. The van der Waals surface area contributed by atoms with Gasteiger partial charge in [-0.25, -0.2) is 4.98 Å². The predicted octanol–water partition coefficient (Wildman–Crippen LogP) is 4.06. The molecule has 0 spiro atoms. The smallest absolute Gasteiger partial charge is 0.267 e. The molecule has 2 heterocycles. The van der Waals surface area contributed by atoms with Gasteiger partial charge in [-0.1, -0.05) is 36.0 Å². The maximum absolute atomic E-state index is 12.7. The fourth-order valence-electron chi connectivity index (χ4n) is 1.94. The SMILES string of the molecule is C=CCSc1nc2ccccc2n1C(=O)c1cccs1. The molecule has 0 atom stereocenters. The summed E-state index contributed by atoms with van der Waals surface area (Å²) in [6, 6.07) is 11.4. The number of nitrogens with zero attached hydrogens (tertiary/aromatic N) is 2. The maximum atomic E-state index is 12.7. The first-order valence-corrected chi connectivity index (χ1v) is 7.97. The Kier molecular flexibility index (Phi) is 3.71. The van der Waals surface area contributed by atoms with Crippen molar-refractivity contribution in [1.29, 1.82) is 0 Å². The fraction of sp³-hybridized carbons (Fsp3) is 0.0667. The van der Waals surface area contributed by atoms with Crippen LogP contribution in [0, 0.1) is 0 Å². The molecule has 0 saturated carbocycles. The molecule has 0 N–H and O–H groups in total. The summed E-state index contributed by atoms with van der Waals surface area (Å²) in [4.78, 5) is 17.9. The van der Waals surface area contributed by atoms with Crippen LogP contribution in [0.3, 0.4) is 0 Å². The number of aromatic nitrogens is 2. The molecule has 20 heavy (non-hydrogen) atoms. The van der Waals surface area contributed by atoms with E-state index in [0.717, 1.165) is 16.8 Å². The first kappa shape index (κ1) is 13.1. The molecule has 0 aliphatic rings. The molecule has 3 aromatic rings. The molecule has 0 aliphatic heterocycles. The summed E-state index contributed by atoms with van der Waals surface area (Å²) in [6.07, 6.45) is 1.81. The van der Waals surface area contributed by atoms with E-state index in [1.54, 1.807) is 4.57 Å². The molecule has 1 aromatic carbocycles. The lowest BCUT2D eigenvalue weighted by atomic mass is 10.3. The summed E-state index contributed by atoms with van der Waals surface area (Å²) >= 11 is 2.96. The monoisotopic (exact) mass is 300 g/mol. The van der Waals surface area contributed by atoms with Crippen LogP contribution in [0.15, 0.2) is 59.6 Å². The van der Waals surface area contributed by atoms with Crippen LogP contribution in [0.2, 0.25) is 0 Å². The van der Waals surface area contributed by atoms with Gasteiger partial charge in [0.15, 0.2) is 5.16 Å². The van der Waals surface area contributed by atoms with Gasteiger partial charge in [-0.15, -0.1) is 17.9 Å². The van der Waals surface area contributed by atoms with E-state index >= 15 is 0 Å². The second kappa shape index (κ2) is 5.64. The van der Waals surface area contributed by atoms with Gasteiger partial charge in [-0.2, -0.15) is 0 Å². The summed E-state index contributed by atoms with van der Waals surface area (Å²) in [5.74, 6) is 0.696. The van der Waals surface area contributed by atoms with E-state index < -0.39 is 0 Å². The van der Waals surface area contributed by atoms with Crippen molar-refractivity contribution in [2.75, 3.05) is 5.75 Å². The summed E-state index contributed by atoms with van der Waals surface area (Å²) in [5.41, 5.74) is 1.68. The molecule has 0 radical (unpaired) electrons. The summed E-state index contributed by atoms with van der Waals surface area (Å²) < 4.78 is 1.69. The standard InChI is InChI=1S/C15H12N2OS2/c1-2-9-20-15-16-11-6-3-4-7-12(11)17(15)14(18)13-8-5-10-19-13/h2-8,10H,1,9H2. The van der Waals surface area contributed by atoms with Crippen LogP contribution < -0.4 is 0 Å². The Morgan fingerprint density at radius 1 is 1.35 bits per heavy atom. The fourth-order valence-corrected chi connectivity index (χ4v) is 3.33. The molecule has 0 saturated heterocycles. The van der Waals surface area contributed by atoms with Gasteiger partial charge < -0.3 is 0 Å². The lowest BCUT2D eigenvalue weighted by Crippen LogP contribution is -2.11. The first-order valence-electron chi connectivity index (χ1n) is 6.10. The molecule has 100 valence electrons. The van der Waals surface area contributed by atoms with Gasteiger partial charge in [0.25, 0.3) is 5.91 Å². The van der Waals surface area contributed by atoms with Gasteiger partial charge in [0.05, 0.1) is 15.9 Å². The highest BCUT2D eigenvalue weighted by molar-refractivity contribution is 7.99. The van der Waals surface area contributed by atoms with E-state index in [1.165, 1.54) is 23.1 Å². The zero-order valence-electron chi connectivity index (χ0n) is 10.7. The third-order valence-electron chi connectivity index (χ3n) is 2.80. The van der Waals surface area contributed by atoms with Crippen molar-refractivity contribution in [1.82, 2.24) is 9.55 Å². The van der Waals surface area contributed by atoms with E-state index in [9.17, 15) is 4.79 Å². The molecule has 0 unspecified atom stereocenters. The number of hydrogen-bond donors (Lipinski definition) is 0. The third-order valence-corrected chi connectivity index (χ3v) is 4.59. The van der Waals surface area contributed by atoms with Crippen molar-refractivity contribution in [3.8, 4) is 0 Å². The maximum Gasteiger partial charge on any atom is 0.274 e. The number of para-hydroxylation sites is 2. The Bertz CT molecular complexity index is 759. The molecule has 0 amide bonds. The largest absolute Gasteiger partial charge is 0.274 e. The van der Waals surface area contributed by atoms with Crippen molar-refractivity contribution in [3.63, 3.8) is 0 Å². The van der Waals surface area contributed by atoms with Crippen LogP contribution in [0.5, 0.6) is 0 Å². The van der Waals surface area contributed by atoms with E-state index in [4.69, 9.17) is 0 Å². The average molecular weight is 300 g/mol. The number of thiophene rings is 1. The minimum atomic E-state index is -0.0275. The van der Waals surface area contributed by atoms with Crippen LogP contribution in [0.4, 0.5) is 0 Å². The lowest BCUT2D eigenvalue weighted by Gasteiger charge is -2.05. The van der Waals surface area contributed by atoms with E-state index in [2.05, 4.69) is 11.6 Å². The van der Waals surface area contributed by atoms with Crippen molar-refractivity contribution < 1.29 is 4.79 Å². The highest BCUT2D eigenvalue weighted by atomic mass is 32.2. The Hall–Kier alpha value is -1.85. The number of fused-ring (bicyclic) bond motifs is 1. The second-order valence-electron chi connectivity index (χ2n) is 4.10. The first-order chi connectivity index (χ1) is 9.81. The van der Waals surface area contributed by atoms with Gasteiger partial charge in [0, 0.05) is 5.75 Å². The summed E-state index contributed by atoms with van der Waals surface area (Å²) in [7, 11) is 0. The highest BCUT2D eigenvalue weighted by Gasteiger charge is 2.18. The molecule has 5 heteroatoms. The Morgan fingerprint density at radius 3 is 2.95 bits per heavy atom. The predicted molar refractivity (Wildman–Crippen MR) is 84.7 cm³/mol. The summed E-state index contributed by atoms with van der Waals surface area (Å²) in [5, 5.41) is 2.62. The summed E-state index contributed by atoms with van der Waals surface area (Å²) in [6.45, 7) is 3.71. The van der Waals surface area contributed by atoms with Crippen molar-refractivity contribution in [2.45, 2.75) is 5.16 Å². The zero-order valence-corrected chi connectivity index (χ0v) is 12.3. The third kappa shape index (κ3) is 2.30. The lowest BCUT2D eigenvalue weighted by molar-refractivity contribution is 0.0959. The molecule has 0 aliphatic carbocycles. The quantitative estimate of drug-likeness (QED) is 0.538. The molecule has 2 aromatic heterocycles. The van der Waals surface area contributed by atoms with Crippen LogP contribution >= 0.6 is 23.1 Å². The Labute approximate surface area is 125 Å². The van der Waals surface area contributed by atoms with Gasteiger partial charge in [-0.3, -0.25) is 9.36 Å². The number of rotatable bonds is 4. The average Bonchev–Trinajstić information content (AvgIpc) is 3.11. The van der Waals surface area contributed by atoms with E-state index in [-0.39, 0.29) is 5.91 Å². The normalized spacial score (nSPS) is 10.8. The van der Waals surface area contributed by atoms with E-state index in [0.29, 0.717) is 10.0 Å². The van der Waals surface area contributed by atoms with Crippen LogP contribution in [-0.4, -0.2) is 21.2 Å². The van der Waals surface area contributed by atoms with Gasteiger partial charge in [0.2, 0.25) is 0 Å². The number of benzene rings is 1. The minimum Gasteiger partial charge on any atom is -0.267 e. The van der Waals surface area contributed by atoms with Gasteiger partial charge >= 0.3 is 0 Å². The van der Waals surface area contributed by atoms with E-state index in [1.807, 2.05) is 47.9 Å².